The van der Waals surface area contributed by atoms with Crippen LogP contribution in [0.25, 0.3) is 20.5 Å². The number of piperidine rings is 1. The standard InChI is InChI=1S/C30H31NO6S2.C2H4/c1-2-3-19-39(34,35)37-25-14-9-22(10-15-25)30-28(26-16-11-23(32)20-27(26)38-30)29(33)21-7-12-24(13-8-21)36-31-17-5-4-6-18-31;1-2/h7-16,20,32H,2-6,17-19H2,1H3;1-2H2. The molecule has 0 radical (unpaired) electrons. The third-order valence-electron chi connectivity index (χ3n) is 6.65. The van der Waals surface area contributed by atoms with Crippen molar-refractivity contribution >= 4 is 37.3 Å². The first-order valence-electron chi connectivity index (χ1n) is 13.7. The Labute approximate surface area is 245 Å². The van der Waals surface area contributed by atoms with Crippen LogP contribution in [0.1, 0.15) is 54.9 Å². The first kappa shape index (κ1) is 30.3. The van der Waals surface area contributed by atoms with Gasteiger partial charge in [-0.05, 0) is 91.6 Å². The Kier molecular flexibility index (Phi) is 10.2. The Bertz CT molecular complexity index is 1570. The molecule has 0 amide bonds. The molecule has 1 saturated heterocycles. The molecule has 1 fully saturated rings. The molecule has 0 aliphatic carbocycles. The lowest BCUT2D eigenvalue weighted by Gasteiger charge is -2.26. The lowest BCUT2D eigenvalue weighted by Crippen LogP contribution is -2.32. The predicted octanol–water partition coefficient (Wildman–Crippen LogP) is 7.60. The van der Waals surface area contributed by atoms with Gasteiger partial charge in [-0.25, -0.2) is 0 Å². The van der Waals surface area contributed by atoms with Crippen LogP contribution in [0.5, 0.6) is 17.2 Å². The lowest BCUT2D eigenvalue weighted by molar-refractivity contribution is -0.0720. The van der Waals surface area contributed by atoms with Gasteiger partial charge in [0.2, 0.25) is 0 Å². The number of aromatic hydroxyl groups is 1. The molecule has 4 aromatic rings. The second-order valence-corrected chi connectivity index (χ2v) is 12.4. The number of carbonyl (C=O) groups is 1. The lowest BCUT2D eigenvalue weighted by atomic mass is 9.97. The molecule has 0 spiro atoms. The third kappa shape index (κ3) is 7.55. The minimum Gasteiger partial charge on any atom is -0.508 e. The highest BCUT2D eigenvalue weighted by atomic mass is 32.2. The van der Waals surface area contributed by atoms with Gasteiger partial charge in [-0.15, -0.1) is 29.6 Å². The Balaban J connectivity index is 0.00000189. The van der Waals surface area contributed by atoms with E-state index in [4.69, 9.17) is 9.02 Å². The quantitative estimate of drug-likeness (QED) is 0.115. The number of hydrogen-bond donors (Lipinski definition) is 1. The number of hydrogen-bond acceptors (Lipinski definition) is 8. The molecule has 7 nitrogen and oxygen atoms in total. The molecule has 2 heterocycles. The Morgan fingerprint density at radius 3 is 2.27 bits per heavy atom. The van der Waals surface area contributed by atoms with E-state index in [0.29, 0.717) is 23.3 Å². The van der Waals surface area contributed by atoms with Gasteiger partial charge < -0.3 is 14.1 Å². The Morgan fingerprint density at radius 2 is 1.61 bits per heavy atom. The van der Waals surface area contributed by atoms with Crippen LogP contribution < -0.4 is 9.02 Å². The number of thiophene rings is 1. The number of fused-ring (bicyclic) bond motifs is 1. The summed E-state index contributed by atoms with van der Waals surface area (Å²) in [6, 6.07) is 18.8. The smallest absolute Gasteiger partial charge is 0.309 e. The summed E-state index contributed by atoms with van der Waals surface area (Å²) in [6.07, 6.45) is 4.74. The highest BCUT2D eigenvalue weighted by Gasteiger charge is 2.23. The summed E-state index contributed by atoms with van der Waals surface area (Å²) in [6.45, 7) is 9.71. The summed E-state index contributed by atoms with van der Waals surface area (Å²) in [4.78, 5) is 20.5. The fourth-order valence-electron chi connectivity index (χ4n) is 4.60. The van der Waals surface area contributed by atoms with Crippen LogP contribution in [0.15, 0.2) is 79.9 Å². The van der Waals surface area contributed by atoms with Crippen LogP contribution in [0.3, 0.4) is 0 Å². The van der Waals surface area contributed by atoms with Crippen LogP contribution in [0.4, 0.5) is 0 Å². The fraction of sp³-hybridized carbons (Fsp3) is 0.281. The Morgan fingerprint density at radius 1 is 0.951 bits per heavy atom. The van der Waals surface area contributed by atoms with Crippen molar-refractivity contribution in [2.75, 3.05) is 18.8 Å². The average Bonchev–Trinajstić information content (AvgIpc) is 3.36. The first-order chi connectivity index (χ1) is 19.8. The van der Waals surface area contributed by atoms with Crippen LogP contribution in [-0.2, 0) is 10.1 Å². The number of rotatable bonds is 10. The van der Waals surface area contributed by atoms with Gasteiger partial charge >= 0.3 is 10.1 Å². The maximum atomic E-state index is 13.8. The first-order valence-corrected chi connectivity index (χ1v) is 16.1. The van der Waals surface area contributed by atoms with E-state index >= 15 is 0 Å². The monoisotopic (exact) mass is 593 g/mol. The molecule has 1 N–H and O–H groups in total. The number of nitrogens with zero attached hydrogens (tertiary/aromatic N) is 1. The molecule has 9 heteroatoms. The largest absolute Gasteiger partial charge is 0.508 e. The molecule has 1 aromatic heterocycles. The third-order valence-corrected chi connectivity index (χ3v) is 9.09. The van der Waals surface area contributed by atoms with Gasteiger partial charge in [0.1, 0.15) is 17.2 Å². The van der Waals surface area contributed by atoms with Gasteiger partial charge in [0.25, 0.3) is 0 Å². The van der Waals surface area contributed by atoms with Crippen molar-refractivity contribution in [1.29, 1.82) is 0 Å². The summed E-state index contributed by atoms with van der Waals surface area (Å²) in [5.74, 6) is 0.860. The molecule has 5 rings (SSSR count). The van der Waals surface area contributed by atoms with Gasteiger partial charge in [0.05, 0.1) is 5.75 Å². The van der Waals surface area contributed by atoms with Crippen LogP contribution in [0.2, 0.25) is 0 Å². The van der Waals surface area contributed by atoms with Gasteiger partial charge in [-0.3, -0.25) is 4.79 Å². The molecule has 1 aliphatic rings. The van der Waals surface area contributed by atoms with Crippen molar-refractivity contribution < 1.29 is 27.3 Å². The molecule has 0 saturated carbocycles. The van der Waals surface area contributed by atoms with Crippen molar-refractivity contribution in [1.82, 2.24) is 5.06 Å². The van der Waals surface area contributed by atoms with E-state index in [1.54, 1.807) is 54.6 Å². The van der Waals surface area contributed by atoms with Crippen molar-refractivity contribution in [3.8, 4) is 27.7 Å². The highest BCUT2D eigenvalue weighted by Crippen LogP contribution is 2.41. The molecule has 1 aliphatic heterocycles. The minimum atomic E-state index is -3.66. The topological polar surface area (TPSA) is 93.1 Å². The molecular formula is C32H35NO6S2. The number of unbranched alkanes of at least 4 members (excludes halogenated alkanes) is 1. The zero-order chi connectivity index (χ0) is 29.4. The summed E-state index contributed by atoms with van der Waals surface area (Å²) >= 11 is 1.40. The summed E-state index contributed by atoms with van der Waals surface area (Å²) < 4.78 is 30.4. The van der Waals surface area contributed by atoms with Crippen molar-refractivity contribution in [2.45, 2.75) is 39.0 Å². The fourth-order valence-corrected chi connectivity index (χ4v) is 6.97. The molecule has 0 bridgehead atoms. The van der Waals surface area contributed by atoms with Crippen LogP contribution in [-0.4, -0.2) is 43.2 Å². The van der Waals surface area contributed by atoms with Gasteiger partial charge in [0.15, 0.2) is 5.78 Å². The average molecular weight is 594 g/mol. The zero-order valence-corrected chi connectivity index (χ0v) is 24.8. The summed E-state index contributed by atoms with van der Waals surface area (Å²) in [5.41, 5.74) is 1.81. The van der Waals surface area contributed by atoms with E-state index < -0.39 is 10.1 Å². The number of carbonyl (C=O) groups excluding carboxylic acids is 1. The number of ketones is 1. The molecule has 0 unspecified atom stereocenters. The molecule has 216 valence electrons. The number of hydroxylamine groups is 2. The maximum absolute atomic E-state index is 13.8. The van der Waals surface area contributed by atoms with E-state index in [9.17, 15) is 18.3 Å². The second kappa shape index (κ2) is 13.8. The van der Waals surface area contributed by atoms with E-state index in [1.807, 2.05) is 24.1 Å². The summed E-state index contributed by atoms with van der Waals surface area (Å²) in [5, 5.41) is 12.8. The molecule has 41 heavy (non-hydrogen) atoms. The van der Waals surface area contributed by atoms with Crippen molar-refractivity contribution in [3.05, 3.63) is 91.0 Å². The number of phenolic OH excluding ortho intramolecular Hbond substituents is 1. The zero-order valence-electron chi connectivity index (χ0n) is 23.2. The SMILES string of the molecule is C=C.CCCCS(=O)(=O)Oc1ccc(-c2sc3cc(O)ccc3c2C(=O)c2ccc(ON3CCCCC3)cc2)cc1. The van der Waals surface area contributed by atoms with Gasteiger partial charge in [-0.1, -0.05) is 19.8 Å². The Hall–Kier alpha value is -3.66. The highest BCUT2D eigenvalue weighted by molar-refractivity contribution is 7.87. The van der Waals surface area contributed by atoms with Gasteiger partial charge in [-0.2, -0.15) is 8.42 Å². The molecule has 3 aromatic carbocycles. The van der Waals surface area contributed by atoms with Crippen LogP contribution >= 0.6 is 11.3 Å². The molecular weight excluding hydrogens is 558 g/mol. The normalized spacial score (nSPS) is 13.8. The maximum Gasteiger partial charge on any atom is 0.309 e. The number of benzene rings is 3. The number of phenols is 1. The van der Waals surface area contributed by atoms with E-state index in [1.165, 1.54) is 17.8 Å². The van der Waals surface area contributed by atoms with E-state index in [0.717, 1.165) is 52.9 Å². The summed E-state index contributed by atoms with van der Waals surface area (Å²) in [7, 11) is -3.66. The second-order valence-electron chi connectivity index (χ2n) is 9.64. The van der Waals surface area contributed by atoms with E-state index in [-0.39, 0.29) is 23.0 Å². The van der Waals surface area contributed by atoms with Crippen molar-refractivity contribution in [2.24, 2.45) is 0 Å². The van der Waals surface area contributed by atoms with Gasteiger partial charge in [0, 0.05) is 39.2 Å². The van der Waals surface area contributed by atoms with Crippen molar-refractivity contribution in [3.63, 3.8) is 0 Å². The van der Waals surface area contributed by atoms with E-state index in [2.05, 4.69) is 13.2 Å². The minimum absolute atomic E-state index is 0.0361. The molecule has 0 atom stereocenters. The predicted molar refractivity (Wildman–Crippen MR) is 165 cm³/mol. The van der Waals surface area contributed by atoms with Crippen LogP contribution in [0, 0.1) is 0 Å².